The number of nitrogens with one attached hydrogen (secondary N) is 2. The summed E-state index contributed by atoms with van der Waals surface area (Å²) in [4.78, 5) is 43.5. The number of ether oxygens (including phenoxy) is 2. The van der Waals surface area contributed by atoms with Crippen LogP contribution in [0.2, 0.25) is 0 Å². The Hall–Kier alpha value is -2.43. The zero-order valence-corrected chi connectivity index (χ0v) is 21.3. The number of fused-ring (bicyclic) bond motifs is 1. The Kier molecular flexibility index (Phi) is 8.23. The summed E-state index contributed by atoms with van der Waals surface area (Å²) in [5.41, 5.74) is 0.715. The third kappa shape index (κ3) is 6.10. The van der Waals surface area contributed by atoms with Crippen LogP contribution < -0.4 is 16.2 Å². The second-order valence-corrected chi connectivity index (χ2v) is 10.8. The van der Waals surface area contributed by atoms with Gasteiger partial charge in [-0.25, -0.2) is 4.98 Å². The number of benzene rings is 1. The van der Waals surface area contributed by atoms with E-state index in [1.165, 1.54) is 11.8 Å². The molecule has 194 valence electrons. The Morgan fingerprint density at radius 3 is 2.50 bits per heavy atom. The summed E-state index contributed by atoms with van der Waals surface area (Å²) in [7, 11) is 0. The third-order valence-corrected chi connectivity index (χ3v) is 8.14. The highest BCUT2D eigenvalue weighted by Gasteiger charge is 2.23. The molecule has 3 aliphatic rings. The maximum Gasteiger partial charge on any atom is 0.262 e. The number of hydrogen-bond donors (Lipinski definition) is 2. The second-order valence-electron chi connectivity index (χ2n) is 9.86. The van der Waals surface area contributed by atoms with Crippen molar-refractivity contribution in [2.45, 2.75) is 81.3 Å². The van der Waals surface area contributed by atoms with Gasteiger partial charge in [0.25, 0.3) is 11.5 Å². The standard InChI is InChI=1S/C26H34N4O5S/c31-23(28-18-5-1-2-6-18)16-36-26-29-22-13-17(24(32)27-14-19-7-3-11-34-19)9-10-21(22)25(33)30(26)15-20-8-4-12-35-20/h9-10,13,18-20H,1-8,11-12,14-16H2,(H,27,32)(H,28,31). The molecule has 2 N–H and O–H groups in total. The van der Waals surface area contributed by atoms with Gasteiger partial charge >= 0.3 is 0 Å². The van der Waals surface area contributed by atoms with Crippen LogP contribution in [0.1, 0.15) is 61.7 Å². The summed E-state index contributed by atoms with van der Waals surface area (Å²) in [6.45, 7) is 2.29. The van der Waals surface area contributed by atoms with Crippen LogP contribution in [0.4, 0.5) is 0 Å². The van der Waals surface area contributed by atoms with Gasteiger partial charge in [-0.05, 0) is 56.7 Å². The normalized spacial score (nSPS) is 22.3. The van der Waals surface area contributed by atoms with Crippen LogP contribution in [0.3, 0.4) is 0 Å². The molecule has 3 fully saturated rings. The molecule has 36 heavy (non-hydrogen) atoms. The van der Waals surface area contributed by atoms with E-state index in [4.69, 9.17) is 14.5 Å². The first kappa shape index (κ1) is 25.2. The first-order chi connectivity index (χ1) is 17.6. The lowest BCUT2D eigenvalue weighted by molar-refractivity contribution is -0.119. The maximum atomic E-state index is 13.5. The fourth-order valence-electron chi connectivity index (χ4n) is 5.19. The van der Waals surface area contributed by atoms with Crippen molar-refractivity contribution in [1.29, 1.82) is 0 Å². The topological polar surface area (TPSA) is 112 Å². The third-order valence-electron chi connectivity index (χ3n) is 7.16. The van der Waals surface area contributed by atoms with Crippen LogP contribution in [0.15, 0.2) is 28.2 Å². The minimum absolute atomic E-state index is 0.0449. The van der Waals surface area contributed by atoms with E-state index < -0.39 is 0 Å². The summed E-state index contributed by atoms with van der Waals surface area (Å²) in [6.07, 6.45) is 8.16. The van der Waals surface area contributed by atoms with Crippen LogP contribution in [-0.4, -0.2) is 65.1 Å². The van der Waals surface area contributed by atoms with Crippen molar-refractivity contribution in [3.05, 3.63) is 34.1 Å². The lowest BCUT2D eigenvalue weighted by Crippen LogP contribution is -2.34. The second kappa shape index (κ2) is 11.7. The minimum Gasteiger partial charge on any atom is -0.376 e. The van der Waals surface area contributed by atoms with Gasteiger partial charge in [0.1, 0.15) is 0 Å². The Bertz CT molecular complexity index is 1150. The van der Waals surface area contributed by atoms with Gasteiger partial charge in [0.15, 0.2) is 5.16 Å². The molecule has 1 saturated carbocycles. The molecule has 2 aliphatic heterocycles. The van der Waals surface area contributed by atoms with Crippen LogP contribution in [0.25, 0.3) is 10.9 Å². The lowest BCUT2D eigenvalue weighted by atomic mass is 10.1. The summed E-state index contributed by atoms with van der Waals surface area (Å²) in [5, 5.41) is 6.93. The van der Waals surface area contributed by atoms with Gasteiger partial charge in [-0.2, -0.15) is 0 Å². The fourth-order valence-corrected chi connectivity index (χ4v) is 6.01. The van der Waals surface area contributed by atoms with Crippen molar-refractivity contribution in [1.82, 2.24) is 20.2 Å². The zero-order chi connectivity index (χ0) is 24.9. The average Bonchev–Trinajstić information content (AvgIpc) is 3.67. The Balaban J connectivity index is 1.36. The maximum absolute atomic E-state index is 13.5. The number of aromatic nitrogens is 2. The van der Waals surface area contributed by atoms with Gasteiger partial charge in [-0.3, -0.25) is 19.0 Å². The van der Waals surface area contributed by atoms with Gasteiger partial charge in [-0.1, -0.05) is 24.6 Å². The van der Waals surface area contributed by atoms with Gasteiger partial charge in [-0.15, -0.1) is 0 Å². The van der Waals surface area contributed by atoms with E-state index in [2.05, 4.69) is 10.6 Å². The summed E-state index contributed by atoms with van der Waals surface area (Å²) in [5.74, 6) is -0.0864. The molecule has 2 atom stereocenters. The van der Waals surface area contributed by atoms with E-state index in [0.29, 0.717) is 41.3 Å². The van der Waals surface area contributed by atoms with E-state index in [0.717, 1.165) is 58.0 Å². The molecule has 2 aromatic rings. The van der Waals surface area contributed by atoms with Crippen molar-refractivity contribution in [3.63, 3.8) is 0 Å². The highest BCUT2D eigenvalue weighted by atomic mass is 32.2. The zero-order valence-electron chi connectivity index (χ0n) is 20.5. The molecular formula is C26H34N4O5S. The smallest absolute Gasteiger partial charge is 0.262 e. The summed E-state index contributed by atoms with van der Waals surface area (Å²) < 4.78 is 13.0. The number of rotatable bonds is 9. The lowest BCUT2D eigenvalue weighted by Gasteiger charge is -2.17. The molecule has 2 amide bonds. The van der Waals surface area contributed by atoms with E-state index in [1.807, 2.05) is 0 Å². The van der Waals surface area contributed by atoms with Crippen molar-refractivity contribution < 1.29 is 19.1 Å². The number of carbonyl (C=O) groups is 2. The molecule has 1 aromatic heterocycles. The Labute approximate surface area is 214 Å². The average molecular weight is 515 g/mol. The molecule has 0 bridgehead atoms. The van der Waals surface area contributed by atoms with Crippen LogP contribution in [-0.2, 0) is 20.8 Å². The number of amides is 2. The molecule has 5 rings (SSSR count). The number of nitrogens with zero attached hydrogens (tertiary/aromatic N) is 2. The molecule has 9 nitrogen and oxygen atoms in total. The predicted molar refractivity (Wildman–Crippen MR) is 137 cm³/mol. The van der Waals surface area contributed by atoms with E-state index in [1.54, 1.807) is 22.8 Å². The minimum atomic E-state index is -0.220. The monoisotopic (exact) mass is 514 g/mol. The Morgan fingerprint density at radius 2 is 1.78 bits per heavy atom. The van der Waals surface area contributed by atoms with E-state index >= 15 is 0 Å². The van der Waals surface area contributed by atoms with Gasteiger partial charge in [0, 0.05) is 31.4 Å². The number of thioether (sulfide) groups is 1. The van der Waals surface area contributed by atoms with Crippen molar-refractivity contribution >= 4 is 34.5 Å². The molecule has 3 heterocycles. The number of carbonyl (C=O) groups excluding carboxylic acids is 2. The summed E-state index contributed by atoms with van der Waals surface area (Å²) >= 11 is 1.26. The van der Waals surface area contributed by atoms with Crippen molar-refractivity contribution in [3.8, 4) is 0 Å². The van der Waals surface area contributed by atoms with Gasteiger partial charge in [0.05, 0.1) is 35.4 Å². The quantitative estimate of drug-likeness (QED) is 0.391. The van der Waals surface area contributed by atoms with E-state index in [-0.39, 0.29) is 41.4 Å². The van der Waals surface area contributed by atoms with Crippen molar-refractivity contribution in [2.75, 3.05) is 25.5 Å². The number of hydrogen-bond acceptors (Lipinski definition) is 7. The largest absolute Gasteiger partial charge is 0.376 e. The summed E-state index contributed by atoms with van der Waals surface area (Å²) in [6, 6.07) is 5.22. The molecule has 10 heteroatoms. The molecule has 2 unspecified atom stereocenters. The van der Waals surface area contributed by atoms with Crippen LogP contribution in [0.5, 0.6) is 0 Å². The molecule has 2 saturated heterocycles. The fraction of sp³-hybridized carbons (Fsp3) is 0.615. The highest BCUT2D eigenvalue weighted by molar-refractivity contribution is 7.99. The highest BCUT2D eigenvalue weighted by Crippen LogP contribution is 2.23. The molecule has 1 aliphatic carbocycles. The Morgan fingerprint density at radius 1 is 1.03 bits per heavy atom. The first-order valence-corrected chi connectivity index (χ1v) is 14.0. The molecule has 0 spiro atoms. The van der Waals surface area contributed by atoms with Crippen LogP contribution >= 0.6 is 11.8 Å². The van der Waals surface area contributed by atoms with E-state index in [9.17, 15) is 14.4 Å². The van der Waals surface area contributed by atoms with Gasteiger partial charge < -0.3 is 20.1 Å². The van der Waals surface area contributed by atoms with Crippen LogP contribution in [0, 0.1) is 0 Å². The molecule has 0 radical (unpaired) electrons. The molecule has 1 aromatic carbocycles. The predicted octanol–water partition coefficient (Wildman–Crippen LogP) is 2.64. The van der Waals surface area contributed by atoms with Crippen molar-refractivity contribution in [2.24, 2.45) is 0 Å². The molecular weight excluding hydrogens is 480 g/mol. The van der Waals surface area contributed by atoms with Gasteiger partial charge in [0.2, 0.25) is 5.91 Å². The SMILES string of the molecule is O=C(CSc1nc2cc(C(=O)NCC3CCCO3)ccc2c(=O)n1CC1CCCO1)NC1CCCC1. The first-order valence-electron chi connectivity index (χ1n) is 13.0.